The molecule has 2 heterocycles. The van der Waals surface area contributed by atoms with Crippen molar-refractivity contribution in [3.05, 3.63) is 107 Å². The van der Waals surface area contributed by atoms with E-state index in [2.05, 4.69) is 39.3 Å². The molecule has 0 N–H and O–H groups in total. The molecule has 212 valence electrons. The third-order valence-corrected chi connectivity index (χ3v) is 8.26. The Balaban J connectivity index is 1.40. The Morgan fingerprint density at radius 3 is 2.29 bits per heavy atom. The van der Waals surface area contributed by atoms with Crippen LogP contribution in [0.2, 0.25) is 0 Å². The summed E-state index contributed by atoms with van der Waals surface area (Å²) >= 11 is 5.30. The number of benzene rings is 3. The molecule has 0 unspecified atom stereocenters. The van der Waals surface area contributed by atoms with E-state index in [1.165, 1.54) is 12.1 Å². The Bertz CT molecular complexity index is 1600. The highest BCUT2D eigenvalue weighted by Crippen LogP contribution is 2.42. The van der Waals surface area contributed by atoms with Gasteiger partial charge < -0.3 is 18.8 Å². The van der Waals surface area contributed by atoms with Crippen LogP contribution < -0.4 is 14.2 Å². The van der Waals surface area contributed by atoms with E-state index in [0.717, 1.165) is 33.5 Å². The van der Waals surface area contributed by atoms with Crippen LogP contribution >= 0.6 is 27.7 Å². The molecule has 0 aliphatic heterocycles. The van der Waals surface area contributed by atoms with E-state index in [-0.39, 0.29) is 5.82 Å². The molecule has 0 aliphatic rings. The lowest BCUT2D eigenvalue weighted by molar-refractivity contribution is 0.344. The molecule has 41 heavy (non-hydrogen) atoms. The molecule has 0 radical (unpaired) electrons. The van der Waals surface area contributed by atoms with E-state index >= 15 is 0 Å². The van der Waals surface area contributed by atoms with Gasteiger partial charge in [-0.2, -0.15) is 0 Å². The molecule has 2 aromatic heterocycles. The maximum absolute atomic E-state index is 13.9. The van der Waals surface area contributed by atoms with Crippen LogP contribution in [-0.4, -0.2) is 45.7 Å². The number of rotatable bonds is 11. The minimum Gasteiger partial charge on any atom is -0.493 e. The molecule has 0 atom stereocenters. The SMILES string of the molecule is COc1ccc(C(C)(C)c2c(Br)nc(SCCOc3ccc(-n4ccnc4)cc3)n2-c2ccc(F)cc2)cc1OC. The van der Waals surface area contributed by atoms with Gasteiger partial charge in [0.15, 0.2) is 16.7 Å². The Morgan fingerprint density at radius 2 is 1.63 bits per heavy atom. The van der Waals surface area contributed by atoms with E-state index in [1.807, 2.05) is 53.2 Å². The van der Waals surface area contributed by atoms with Gasteiger partial charge in [0, 0.05) is 34.9 Å². The zero-order valence-corrected chi connectivity index (χ0v) is 25.6. The summed E-state index contributed by atoms with van der Waals surface area (Å²) in [4.78, 5) is 8.98. The predicted molar refractivity (Wildman–Crippen MR) is 163 cm³/mol. The topological polar surface area (TPSA) is 63.3 Å². The van der Waals surface area contributed by atoms with Gasteiger partial charge >= 0.3 is 0 Å². The summed E-state index contributed by atoms with van der Waals surface area (Å²) in [6.07, 6.45) is 5.40. The highest BCUT2D eigenvalue weighted by molar-refractivity contribution is 9.10. The first kappa shape index (κ1) is 28.8. The number of ether oxygens (including phenoxy) is 3. The van der Waals surface area contributed by atoms with E-state index in [4.69, 9.17) is 19.2 Å². The third-order valence-electron chi connectivity index (χ3n) is 6.81. The average Bonchev–Trinajstić information content (AvgIpc) is 3.64. The van der Waals surface area contributed by atoms with Crippen molar-refractivity contribution in [2.45, 2.75) is 24.4 Å². The molecule has 7 nitrogen and oxygen atoms in total. The fourth-order valence-corrected chi connectivity index (χ4v) is 6.41. The second-order valence-electron chi connectivity index (χ2n) is 9.70. The third kappa shape index (κ3) is 6.13. The number of nitrogens with zero attached hydrogens (tertiary/aromatic N) is 4. The minimum absolute atomic E-state index is 0.296. The van der Waals surface area contributed by atoms with Gasteiger partial charge in [-0.05, 0) is 82.2 Å². The quantitative estimate of drug-likeness (QED) is 0.111. The van der Waals surface area contributed by atoms with Gasteiger partial charge in [-0.15, -0.1) is 0 Å². The standard InChI is InChI=1S/C31H30BrFN4O3S/c1-31(2,21-5-14-26(38-3)27(19-21)39-4)28-29(32)35-30(37(28)24-8-6-22(33)7-9-24)41-18-17-40-25-12-10-23(11-13-25)36-16-15-34-20-36/h5-16,19-20H,17-18H2,1-4H3. The van der Waals surface area contributed by atoms with Crippen molar-refractivity contribution >= 4 is 27.7 Å². The average molecular weight is 638 g/mol. The molecule has 0 bridgehead atoms. The second-order valence-corrected chi connectivity index (χ2v) is 11.5. The van der Waals surface area contributed by atoms with Gasteiger partial charge in [0.2, 0.25) is 0 Å². The Morgan fingerprint density at radius 1 is 0.927 bits per heavy atom. The summed E-state index contributed by atoms with van der Waals surface area (Å²) < 4.78 is 35.6. The largest absolute Gasteiger partial charge is 0.493 e. The van der Waals surface area contributed by atoms with Crippen molar-refractivity contribution < 1.29 is 18.6 Å². The van der Waals surface area contributed by atoms with Gasteiger partial charge in [0.25, 0.3) is 0 Å². The lowest BCUT2D eigenvalue weighted by atomic mass is 9.81. The first-order chi connectivity index (χ1) is 19.8. The van der Waals surface area contributed by atoms with Crippen molar-refractivity contribution in [2.24, 2.45) is 0 Å². The molecular formula is C31H30BrFN4O3S. The summed E-state index contributed by atoms with van der Waals surface area (Å²) in [5.74, 6) is 2.45. The fourth-order valence-electron chi connectivity index (χ4n) is 4.62. The molecule has 3 aromatic carbocycles. The molecule has 10 heteroatoms. The summed E-state index contributed by atoms with van der Waals surface area (Å²) in [6, 6.07) is 20.2. The maximum Gasteiger partial charge on any atom is 0.174 e. The predicted octanol–water partition coefficient (Wildman–Crippen LogP) is 7.47. The van der Waals surface area contributed by atoms with Crippen LogP contribution in [0.25, 0.3) is 11.4 Å². The van der Waals surface area contributed by atoms with Crippen molar-refractivity contribution in [3.63, 3.8) is 0 Å². The van der Waals surface area contributed by atoms with Crippen molar-refractivity contribution in [2.75, 3.05) is 26.6 Å². The normalized spacial score (nSPS) is 11.5. The summed E-state index contributed by atoms with van der Waals surface area (Å²) in [5, 5.41) is 0.770. The number of imidazole rings is 2. The van der Waals surface area contributed by atoms with Crippen molar-refractivity contribution in [3.8, 4) is 28.6 Å². The van der Waals surface area contributed by atoms with Gasteiger partial charge in [-0.25, -0.2) is 14.4 Å². The zero-order chi connectivity index (χ0) is 29.0. The Hall–Kier alpha value is -3.76. The number of hydrogen-bond donors (Lipinski definition) is 0. The molecule has 0 saturated heterocycles. The molecule has 0 aliphatic carbocycles. The number of aromatic nitrogens is 4. The Labute approximate surface area is 251 Å². The highest BCUT2D eigenvalue weighted by atomic mass is 79.9. The van der Waals surface area contributed by atoms with Crippen LogP contribution in [0.15, 0.2) is 95.2 Å². The van der Waals surface area contributed by atoms with Gasteiger partial charge in [-0.3, -0.25) is 4.57 Å². The molecule has 0 spiro atoms. The first-order valence-electron chi connectivity index (χ1n) is 12.9. The molecule has 0 fully saturated rings. The van der Waals surface area contributed by atoms with E-state index in [1.54, 1.807) is 50.6 Å². The van der Waals surface area contributed by atoms with E-state index in [0.29, 0.717) is 28.5 Å². The second kappa shape index (κ2) is 12.4. The minimum atomic E-state index is -0.508. The van der Waals surface area contributed by atoms with Gasteiger partial charge in [-0.1, -0.05) is 31.7 Å². The number of halogens is 2. The molecule has 5 aromatic rings. The number of methoxy groups -OCH3 is 2. The zero-order valence-electron chi connectivity index (χ0n) is 23.2. The van der Waals surface area contributed by atoms with Crippen LogP contribution in [0, 0.1) is 5.82 Å². The molecule has 5 rings (SSSR count). The van der Waals surface area contributed by atoms with Crippen LogP contribution in [0.1, 0.15) is 25.1 Å². The van der Waals surface area contributed by atoms with Crippen molar-refractivity contribution in [1.82, 2.24) is 19.1 Å². The summed E-state index contributed by atoms with van der Waals surface area (Å²) in [6.45, 7) is 4.74. The van der Waals surface area contributed by atoms with E-state index < -0.39 is 5.41 Å². The molecular weight excluding hydrogens is 607 g/mol. The number of hydrogen-bond acceptors (Lipinski definition) is 6. The summed E-state index contributed by atoms with van der Waals surface area (Å²) in [5.41, 5.74) is 3.26. The fraction of sp³-hybridized carbons (Fsp3) is 0.226. The molecule has 0 saturated carbocycles. The summed E-state index contributed by atoms with van der Waals surface area (Å²) in [7, 11) is 3.24. The van der Waals surface area contributed by atoms with E-state index in [9.17, 15) is 4.39 Å². The highest BCUT2D eigenvalue weighted by Gasteiger charge is 2.33. The van der Waals surface area contributed by atoms with Crippen LogP contribution in [0.3, 0.4) is 0 Å². The lowest BCUT2D eigenvalue weighted by Crippen LogP contribution is -2.24. The van der Waals surface area contributed by atoms with Crippen LogP contribution in [-0.2, 0) is 5.41 Å². The number of thioether (sulfide) groups is 1. The monoisotopic (exact) mass is 636 g/mol. The van der Waals surface area contributed by atoms with Crippen LogP contribution in [0.4, 0.5) is 4.39 Å². The lowest BCUT2D eigenvalue weighted by Gasteiger charge is -2.28. The van der Waals surface area contributed by atoms with Crippen molar-refractivity contribution in [1.29, 1.82) is 0 Å². The Kier molecular flexibility index (Phi) is 8.70. The van der Waals surface area contributed by atoms with Crippen LogP contribution in [0.5, 0.6) is 17.2 Å². The van der Waals surface area contributed by atoms with Gasteiger partial charge in [0.1, 0.15) is 16.2 Å². The van der Waals surface area contributed by atoms with Gasteiger partial charge in [0.05, 0.1) is 32.8 Å². The molecule has 0 amide bonds. The maximum atomic E-state index is 13.9. The first-order valence-corrected chi connectivity index (χ1v) is 14.7. The smallest absolute Gasteiger partial charge is 0.174 e.